The van der Waals surface area contributed by atoms with Crippen LogP contribution in [0, 0.1) is 11.6 Å². The second-order valence-corrected chi connectivity index (χ2v) is 10.3. The summed E-state index contributed by atoms with van der Waals surface area (Å²) in [6.07, 6.45) is 5.27. The number of aromatic nitrogens is 2. The molecule has 2 heterocycles. The Hall–Kier alpha value is -3.24. The van der Waals surface area contributed by atoms with Crippen molar-refractivity contribution in [3.8, 4) is 11.1 Å². The molecule has 0 saturated heterocycles. The van der Waals surface area contributed by atoms with Crippen LogP contribution in [0.15, 0.2) is 59.8 Å². The Morgan fingerprint density at radius 1 is 1.12 bits per heavy atom. The number of ketones is 1. The fourth-order valence-electron chi connectivity index (χ4n) is 3.59. The lowest BCUT2D eigenvalue weighted by Gasteiger charge is -2.11. The molecule has 176 valence electrons. The van der Waals surface area contributed by atoms with Crippen molar-refractivity contribution < 1.29 is 22.0 Å². The second-order valence-electron chi connectivity index (χ2n) is 7.58. The van der Waals surface area contributed by atoms with Crippen molar-refractivity contribution in [2.45, 2.75) is 18.2 Å². The third-order valence-corrected chi connectivity index (χ3v) is 7.48. The number of fused-ring (bicyclic) bond motifs is 1. The zero-order chi connectivity index (χ0) is 24.5. The minimum absolute atomic E-state index is 0.0245. The van der Waals surface area contributed by atoms with Gasteiger partial charge in [0, 0.05) is 33.8 Å². The number of anilines is 1. The monoisotopic (exact) mass is 501 g/mol. The molecule has 0 saturated carbocycles. The Morgan fingerprint density at radius 2 is 1.85 bits per heavy atom. The second kappa shape index (κ2) is 9.55. The number of nitrogens with one attached hydrogen (secondary N) is 2. The first-order valence-electron chi connectivity index (χ1n) is 10.4. The predicted octanol–water partition coefficient (Wildman–Crippen LogP) is 5.61. The number of H-pyrrole nitrogens is 1. The van der Waals surface area contributed by atoms with Crippen LogP contribution in [-0.4, -0.2) is 36.2 Å². The van der Waals surface area contributed by atoms with E-state index in [0.717, 1.165) is 28.2 Å². The normalized spacial score (nSPS) is 11.6. The molecule has 0 amide bonds. The summed E-state index contributed by atoms with van der Waals surface area (Å²) in [7, 11) is -3.83. The molecule has 0 radical (unpaired) electrons. The number of sulfonamides is 1. The largest absolute Gasteiger partial charge is 0.345 e. The van der Waals surface area contributed by atoms with Crippen LogP contribution in [0.5, 0.6) is 0 Å². The number of carbonyl (C=O) groups is 1. The molecule has 0 fully saturated rings. The Bertz CT molecular complexity index is 1480. The molecular weight excluding hydrogens is 480 g/mol. The van der Waals surface area contributed by atoms with Gasteiger partial charge in [0.15, 0.2) is 5.82 Å². The molecule has 2 N–H and O–H groups in total. The van der Waals surface area contributed by atoms with Crippen molar-refractivity contribution in [1.29, 1.82) is 0 Å². The Labute approximate surface area is 199 Å². The number of rotatable bonds is 8. The van der Waals surface area contributed by atoms with E-state index >= 15 is 4.39 Å². The summed E-state index contributed by atoms with van der Waals surface area (Å²) in [6.45, 7) is 1.66. The molecule has 6 nitrogen and oxygen atoms in total. The average molecular weight is 502 g/mol. The van der Waals surface area contributed by atoms with E-state index in [1.807, 2.05) is 30.5 Å². The van der Waals surface area contributed by atoms with Crippen molar-refractivity contribution in [2.75, 3.05) is 16.7 Å². The highest BCUT2D eigenvalue weighted by Gasteiger charge is 2.26. The molecule has 0 atom stereocenters. The highest BCUT2D eigenvalue weighted by molar-refractivity contribution is 7.98. The van der Waals surface area contributed by atoms with Crippen LogP contribution in [0.3, 0.4) is 0 Å². The van der Waals surface area contributed by atoms with Crippen molar-refractivity contribution in [1.82, 2.24) is 9.97 Å². The number of hydrogen-bond donors (Lipinski definition) is 2. The zero-order valence-electron chi connectivity index (χ0n) is 18.4. The van der Waals surface area contributed by atoms with Crippen molar-refractivity contribution >= 4 is 44.3 Å². The number of halogens is 2. The minimum Gasteiger partial charge on any atom is -0.345 e. The van der Waals surface area contributed by atoms with Crippen molar-refractivity contribution in [2.24, 2.45) is 0 Å². The number of thioether (sulfide) groups is 1. The van der Waals surface area contributed by atoms with Gasteiger partial charge >= 0.3 is 0 Å². The number of nitrogens with zero attached hydrogens (tertiary/aromatic N) is 1. The van der Waals surface area contributed by atoms with Gasteiger partial charge in [-0.2, -0.15) is 0 Å². The summed E-state index contributed by atoms with van der Waals surface area (Å²) < 4.78 is 56.0. The summed E-state index contributed by atoms with van der Waals surface area (Å²) in [5, 5.41) is 0.396. The van der Waals surface area contributed by atoms with E-state index in [0.29, 0.717) is 17.5 Å². The van der Waals surface area contributed by atoms with Gasteiger partial charge in [0.2, 0.25) is 15.8 Å². The minimum atomic E-state index is -3.83. The molecule has 4 rings (SSSR count). The summed E-state index contributed by atoms with van der Waals surface area (Å²) >= 11 is 1.61. The fourth-order valence-corrected chi connectivity index (χ4v) is 5.13. The summed E-state index contributed by atoms with van der Waals surface area (Å²) in [4.78, 5) is 21.5. The molecule has 0 aliphatic rings. The highest BCUT2D eigenvalue weighted by Crippen LogP contribution is 2.30. The molecular formula is C24H21F2N3O3S2. The van der Waals surface area contributed by atoms with E-state index in [2.05, 4.69) is 14.7 Å². The lowest BCUT2D eigenvalue weighted by Crippen LogP contribution is -2.18. The van der Waals surface area contributed by atoms with E-state index in [4.69, 9.17) is 0 Å². The average Bonchev–Trinajstić information content (AvgIpc) is 3.24. The molecule has 0 aliphatic heterocycles. The quantitative estimate of drug-likeness (QED) is 0.242. The van der Waals surface area contributed by atoms with Gasteiger partial charge in [-0.1, -0.05) is 19.1 Å². The first-order chi connectivity index (χ1) is 16.2. The van der Waals surface area contributed by atoms with Crippen LogP contribution in [0.1, 0.15) is 29.3 Å². The van der Waals surface area contributed by atoms with Gasteiger partial charge in [0.25, 0.3) is 0 Å². The number of hydrogen-bond acceptors (Lipinski definition) is 5. The topological polar surface area (TPSA) is 91.9 Å². The fraction of sp³-hybridized carbons (Fsp3) is 0.167. The van der Waals surface area contributed by atoms with E-state index in [1.54, 1.807) is 30.9 Å². The maximum Gasteiger partial charge on any atom is 0.232 e. The van der Waals surface area contributed by atoms with Gasteiger partial charge in [0.05, 0.1) is 17.0 Å². The summed E-state index contributed by atoms with van der Waals surface area (Å²) in [6, 6.07) is 11.3. The van der Waals surface area contributed by atoms with Gasteiger partial charge in [-0.3, -0.25) is 9.52 Å². The van der Waals surface area contributed by atoms with Crippen molar-refractivity contribution in [3.05, 3.63) is 77.6 Å². The molecule has 0 unspecified atom stereocenters. The van der Waals surface area contributed by atoms with Crippen LogP contribution >= 0.6 is 11.8 Å². The number of benzene rings is 2. The molecule has 2 aromatic heterocycles. The van der Waals surface area contributed by atoms with Crippen molar-refractivity contribution in [3.63, 3.8) is 0 Å². The van der Waals surface area contributed by atoms with E-state index in [9.17, 15) is 17.6 Å². The smallest absolute Gasteiger partial charge is 0.232 e. The van der Waals surface area contributed by atoms with Crippen LogP contribution in [0.2, 0.25) is 0 Å². The van der Waals surface area contributed by atoms with Crippen LogP contribution < -0.4 is 4.72 Å². The molecule has 4 aromatic rings. The Morgan fingerprint density at radius 3 is 2.53 bits per heavy atom. The molecule has 34 heavy (non-hydrogen) atoms. The molecule has 0 spiro atoms. The lowest BCUT2D eigenvalue weighted by atomic mass is 10.00. The van der Waals surface area contributed by atoms with E-state index < -0.39 is 38.7 Å². The summed E-state index contributed by atoms with van der Waals surface area (Å²) in [5.41, 5.74) is 0.690. The summed E-state index contributed by atoms with van der Waals surface area (Å²) in [5.74, 6) is -3.51. The highest BCUT2D eigenvalue weighted by atomic mass is 32.2. The standard InChI is InChI=1S/C24H21F2N3O3S2/c1-3-10-34(31,32)29-20-9-8-19(25)21(22(20)26)23(30)18-13-28-24-17(18)11-15(12-27-24)14-4-6-16(33-2)7-5-14/h4-9,11-13,29H,3,10H2,1-2H3,(H,27,28). The first-order valence-corrected chi connectivity index (χ1v) is 13.3. The zero-order valence-corrected chi connectivity index (χ0v) is 20.0. The van der Waals surface area contributed by atoms with Gasteiger partial charge < -0.3 is 4.98 Å². The van der Waals surface area contributed by atoms with Gasteiger partial charge in [0.1, 0.15) is 11.5 Å². The number of aromatic amines is 1. The lowest BCUT2D eigenvalue weighted by molar-refractivity contribution is 0.103. The van der Waals surface area contributed by atoms with Crippen LogP contribution in [0.4, 0.5) is 14.5 Å². The molecule has 0 aliphatic carbocycles. The Balaban J connectivity index is 1.76. The maximum atomic E-state index is 15.1. The molecule has 0 bridgehead atoms. The Kier molecular flexibility index (Phi) is 6.72. The third-order valence-electron chi connectivity index (χ3n) is 5.26. The number of pyridine rings is 1. The SMILES string of the molecule is CCCS(=O)(=O)Nc1ccc(F)c(C(=O)c2c[nH]c3ncc(-c4ccc(SC)cc4)cc23)c1F. The van der Waals surface area contributed by atoms with Crippen LogP contribution in [-0.2, 0) is 10.0 Å². The van der Waals surface area contributed by atoms with Gasteiger partial charge in [-0.25, -0.2) is 22.2 Å². The number of carbonyl (C=O) groups excluding carboxylic acids is 1. The van der Waals surface area contributed by atoms with E-state index in [1.165, 1.54) is 6.20 Å². The van der Waals surface area contributed by atoms with Gasteiger partial charge in [-0.05, 0) is 48.6 Å². The molecule has 2 aromatic carbocycles. The van der Waals surface area contributed by atoms with E-state index in [-0.39, 0.29) is 11.3 Å². The third kappa shape index (κ3) is 4.69. The van der Waals surface area contributed by atoms with Gasteiger partial charge in [-0.15, -0.1) is 11.8 Å². The predicted molar refractivity (Wildman–Crippen MR) is 131 cm³/mol. The molecule has 10 heteroatoms. The maximum absolute atomic E-state index is 15.1. The first kappa shape index (κ1) is 23.9. The van der Waals surface area contributed by atoms with Crippen LogP contribution in [0.25, 0.3) is 22.2 Å².